The number of carbonyl (C=O) groups excluding carboxylic acids is 2. The van der Waals surface area contributed by atoms with Crippen molar-refractivity contribution in [3.63, 3.8) is 0 Å². The number of nitro groups is 2. The zero-order valence-corrected chi connectivity index (χ0v) is 31.2. The van der Waals surface area contributed by atoms with Crippen LogP contribution in [0.1, 0.15) is 36.8 Å². The summed E-state index contributed by atoms with van der Waals surface area (Å²) in [5.41, 5.74) is 1.34. The number of piperidine rings is 2. The minimum Gasteiger partial charge on any atom is -0.500 e. The van der Waals surface area contributed by atoms with Crippen molar-refractivity contribution < 1.29 is 57.6 Å². The van der Waals surface area contributed by atoms with Crippen molar-refractivity contribution >= 4 is 65.5 Å². The van der Waals surface area contributed by atoms with E-state index in [0.29, 0.717) is 24.2 Å². The molecule has 2 fully saturated rings. The van der Waals surface area contributed by atoms with Crippen LogP contribution in [-0.2, 0) is 19.1 Å². The molecule has 0 aromatic heterocycles. The third-order valence-electron chi connectivity index (χ3n) is 7.90. The Balaban J connectivity index is 0.000000323. The van der Waals surface area contributed by atoms with E-state index in [0.717, 1.165) is 75.2 Å². The van der Waals surface area contributed by atoms with Crippen molar-refractivity contribution in [1.82, 2.24) is 9.62 Å². The highest BCUT2D eigenvalue weighted by Crippen LogP contribution is 2.34. The molecule has 0 unspecified atom stereocenters. The van der Waals surface area contributed by atoms with Gasteiger partial charge in [-0.05, 0) is 75.7 Å². The number of methoxy groups -OCH3 is 2. The molecule has 2 aromatic rings. The van der Waals surface area contributed by atoms with E-state index < -0.39 is 71.0 Å². The van der Waals surface area contributed by atoms with Gasteiger partial charge < -0.3 is 39.0 Å². The SMILES string of the molecule is CB(O)N1CCCC(=Cc2cc(F)c(O)c([N+](=O)[O-])c2)C1.COC(=O)CBr.COC(=O)COc1c(F)cc(C=C2CCCN(B(C)O)C2)cc1[N+](=O)[O-]. The summed E-state index contributed by atoms with van der Waals surface area (Å²) in [5, 5.41) is 50.9. The van der Waals surface area contributed by atoms with E-state index in [9.17, 15) is 53.8 Å². The lowest BCUT2D eigenvalue weighted by atomic mass is 9.82. The second-order valence-electron chi connectivity index (χ2n) is 11.8. The Kier molecular flexibility index (Phi) is 18.5. The number of rotatable bonds is 10. The van der Waals surface area contributed by atoms with Crippen LogP contribution in [0.4, 0.5) is 20.2 Å². The van der Waals surface area contributed by atoms with Gasteiger partial charge in [0, 0.05) is 25.2 Å². The van der Waals surface area contributed by atoms with Gasteiger partial charge in [-0.15, -0.1) is 0 Å². The molecule has 0 bridgehead atoms. The van der Waals surface area contributed by atoms with Gasteiger partial charge in [0.25, 0.3) is 0 Å². The van der Waals surface area contributed by atoms with Crippen molar-refractivity contribution in [3.8, 4) is 11.5 Å². The van der Waals surface area contributed by atoms with Gasteiger partial charge in [0.15, 0.2) is 18.2 Å². The van der Waals surface area contributed by atoms with Crippen molar-refractivity contribution in [3.05, 3.63) is 78.4 Å². The zero-order valence-electron chi connectivity index (χ0n) is 29.6. The van der Waals surface area contributed by atoms with E-state index in [1.165, 1.54) is 13.2 Å². The summed E-state index contributed by atoms with van der Waals surface area (Å²) in [6.45, 7) is 5.29. The molecule has 288 valence electrons. The average Bonchev–Trinajstić information content (AvgIpc) is 3.12. The highest BCUT2D eigenvalue weighted by Gasteiger charge is 2.25. The highest BCUT2D eigenvalue weighted by molar-refractivity contribution is 9.09. The molecule has 2 aliphatic heterocycles. The van der Waals surface area contributed by atoms with E-state index in [4.69, 9.17) is 4.74 Å². The summed E-state index contributed by atoms with van der Waals surface area (Å²) >= 11 is 2.90. The van der Waals surface area contributed by atoms with Gasteiger partial charge in [-0.1, -0.05) is 39.2 Å². The van der Waals surface area contributed by atoms with Crippen LogP contribution in [0, 0.1) is 31.9 Å². The normalized spacial score (nSPS) is 16.0. The molecule has 0 spiro atoms. The van der Waals surface area contributed by atoms with Gasteiger partial charge in [-0.3, -0.25) is 25.0 Å². The van der Waals surface area contributed by atoms with Crippen LogP contribution in [0.3, 0.4) is 0 Å². The first-order valence-corrected chi connectivity index (χ1v) is 17.3. The largest absolute Gasteiger partial charge is 0.500 e. The maximum atomic E-state index is 14.3. The fourth-order valence-corrected chi connectivity index (χ4v) is 5.46. The molecule has 4 rings (SSSR count). The van der Waals surface area contributed by atoms with Crippen LogP contribution in [0.15, 0.2) is 35.4 Å². The van der Waals surface area contributed by atoms with Crippen LogP contribution < -0.4 is 4.74 Å². The number of hydrogen-bond donors (Lipinski definition) is 3. The fourth-order valence-electron chi connectivity index (χ4n) is 5.23. The summed E-state index contributed by atoms with van der Waals surface area (Å²) in [4.78, 5) is 45.2. The lowest BCUT2D eigenvalue weighted by Gasteiger charge is -2.29. The van der Waals surface area contributed by atoms with Crippen LogP contribution in [0.25, 0.3) is 12.2 Å². The molecular weight excluding hydrogens is 772 g/mol. The summed E-state index contributed by atoms with van der Waals surface area (Å²) in [5.74, 6) is -4.51. The first-order chi connectivity index (χ1) is 25.0. The molecule has 0 saturated carbocycles. The van der Waals surface area contributed by atoms with Crippen molar-refractivity contribution in [1.29, 1.82) is 0 Å². The van der Waals surface area contributed by atoms with Crippen LogP contribution in [0.5, 0.6) is 11.5 Å². The number of carbonyl (C=O) groups is 2. The molecule has 21 heteroatoms. The molecule has 2 aliphatic rings. The minimum atomic E-state index is -1.01. The maximum absolute atomic E-state index is 14.3. The quantitative estimate of drug-likeness (QED) is 0.0994. The number of esters is 2. The number of nitrogens with zero attached hydrogens (tertiary/aromatic N) is 4. The molecule has 0 atom stereocenters. The number of aromatic hydroxyl groups is 1. The number of alkyl halides is 1. The lowest BCUT2D eigenvalue weighted by molar-refractivity contribution is -0.386. The van der Waals surface area contributed by atoms with Gasteiger partial charge in [0.1, 0.15) is 5.33 Å². The topological polar surface area (TPSA) is 215 Å². The first-order valence-electron chi connectivity index (χ1n) is 16.2. The molecule has 16 nitrogen and oxygen atoms in total. The molecular formula is C32H41B2BrF2N4O12. The van der Waals surface area contributed by atoms with Gasteiger partial charge in [-0.25, -0.2) is 13.6 Å². The fraction of sp³-hybridized carbons (Fsp3) is 0.438. The van der Waals surface area contributed by atoms with Crippen molar-refractivity contribution in [2.24, 2.45) is 0 Å². The number of halogens is 3. The van der Waals surface area contributed by atoms with Crippen LogP contribution >= 0.6 is 15.9 Å². The van der Waals surface area contributed by atoms with E-state index >= 15 is 0 Å². The molecule has 53 heavy (non-hydrogen) atoms. The van der Waals surface area contributed by atoms with Gasteiger partial charge in [0.05, 0.1) is 24.1 Å². The third kappa shape index (κ3) is 14.5. The van der Waals surface area contributed by atoms with E-state index in [1.54, 1.807) is 25.8 Å². The van der Waals surface area contributed by atoms with Crippen LogP contribution in [-0.4, -0.2) is 113 Å². The van der Waals surface area contributed by atoms with Crippen molar-refractivity contribution in [2.75, 3.05) is 52.3 Å². The smallest absolute Gasteiger partial charge is 0.376 e. The van der Waals surface area contributed by atoms with Gasteiger partial charge in [-0.2, -0.15) is 0 Å². The molecule has 2 saturated heterocycles. The molecule has 3 N–H and O–H groups in total. The minimum absolute atomic E-state index is 0.241. The van der Waals surface area contributed by atoms with Crippen molar-refractivity contribution in [2.45, 2.75) is 39.3 Å². The number of ether oxygens (including phenoxy) is 3. The molecule has 2 heterocycles. The van der Waals surface area contributed by atoms with Gasteiger partial charge >= 0.3 is 37.4 Å². The second kappa shape index (κ2) is 21.9. The predicted molar refractivity (Wildman–Crippen MR) is 196 cm³/mol. The number of nitro benzene ring substituents is 2. The number of phenols is 1. The Bertz CT molecular complexity index is 1680. The highest BCUT2D eigenvalue weighted by atomic mass is 79.9. The third-order valence-corrected chi connectivity index (χ3v) is 8.36. The maximum Gasteiger partial charge on any atom is 0.376 e. The Morgan fingerprint density at radius 3 is 1.70 bits per heavy atom. The lowest BCUT2D eigenvalue weighted by Crippen LogP contribution is -2.41. The molecule has 0 amide bonds. The molecule has 0 aliphatic carbocycles. The standard InChI is InChI=1S/C16H20BFN2O6.C13H16BFN2O4.C3H5BrO2/c1-17(22)19-5-3-4-11(9-19)6-12-7-13(18)16(14(8-12)20(23)24)26-10-15(21)25-2;1-14(19)16-4-2-3-9(8-16)5-10-6-11(15)13(18)12(7-10)17(20)21;1-6-3(5)2-4/h6-8,22H,3-5,9-10H2,1-2H3;5-7,18-19H,2-4,8H2,1H3;2H2,1H3. The molecule has 2 aromatic carbocycles. The van der Waals surface area contributed by atoms with Crippen LogP contribution in [0.2, 0.25) is 13.6 Å². The van der Waals surface area contributed by atoms with E-state index in [-0.39, 0.29) is 11.3 Å². The monoisotopic (exact) mass is 812 g/mol. The summed E-state index contributed by atoms with van der Waals surface area (Å²) < 4.78 is 41.4. The molecule has 0 radical (unpaired) electrons. The Morgan fingerprint density at radius 2 is 1.30 bits per heavy atom. The average molecular weight is 813 g/mol. The Labute approximate surface area is 313 Å². The number of benzene rings is 2. The predicted octanol–water partition coefficient (Wildman–Crippen LogP) is 4.46. The Hall–Kier alpha value is -4.43. The van der Waals surface area contributed by atoms with Gasteiger partial charge in [0.2, 0.25) is 11.5 Å². The summed E-state index contributed by atoms with van der Waals surface area (Å²) in [6.07, 6.45) is 6.60. The number of hydrogen-bond acceptors (Lipinski definition) is 14. The zero-order chi connectivity index (χ0) is 39.8. The summed E-state index contributed by atoms with van der Waals surface area (Å²) in [6, 6.07) is 4.53. The Morgan fingerprint density at radius 1 is 0.849 bits per heavy atom. The van der Waals surface area contributed by atoms with E-state index in [1.807, 2.05) is 9.62 Å². The first kappa shape index (κ1) is 44.7. The number of phenolic OH excluding ortho intramolecular Hbond substituents is 1. The second-order valence-corrected chi connectivity index (χ2v) is 12.4. The summed E-state index contributed by atoms with van der Waals surface area (Å²) in [7, 11) is 1.31. The van der Waals surface area contributed by atoms with E-state index in [2.05, 4.69) is 25.4 Å².